The maximum absolute atomic E-state index is 12.3. The molecule has 3 unspecified atom stereocenters. The average molecular weight is 562 g/mol. The van der Waals surface area contributed by atoms with E-state index >= 15 is 0 Å². The molecule has 0 aliphatic carbocycles. The number of carboxylic acid groups (broad SMARTS) is 1. The maximum atomic E-state index is 12.3. The van der Waals surface area contributed by atoms with E-state index in [1.807, 2.05) is 29.0 Å². The van der Waals surface area contributed by atoms with Crippen molar-refractivity contribution >= 4 is 18.3 Å². The van der Waals surface area contributed by atoms with Crippen molar-refractivity contribution in [2.45, 2.75) is 77.2 Å². The molecular formula is C30H47N3O7. The normalized spacial score (nSPS) is 22.1. The number of carbonyl (C=O) groups is 3. The molecule has 0 saturated carbocycles. The predicted octanol–water partition coefficient (Wildman–Crippen LogP) is 3.97. The second-order valence-electron chi connectivity index (χ2n) is 10.9. The van der Waals surface area contributed by atoms with E-state index in [0.29, 0.717) is 43.2 Å². The van der Waals surface area contributed by atoms with Crippen molar-refractivity contribution in [1.82, 2.24) is 14.7 Å². The Hall–Kier alpha value is -3.01. The van der Waals surface area contributed by atoms with Gasteiger partial charge in [0.2, 0.25) is 24.9 Å². The third kappa shape index (κ3) is 8.02. The lowest BCUT2D eigenvalue weighted by Crippen LogP contribution is -2.41. The molecule has 2 fully saturated rings. The van der Waals surface area contributed by atoms with Crippen LogP contribution < -0.4 is 14.2 Å². The summed E-state index contributed by atoms with van der Waals surface area (Å²) in [5.74, 6) is 0.326. The zero-order chi connectivity index (χ0) is 29.1. The summed E-state index contributed by atoms with van der Waals surface area (Å²) in [6.45, 7) is 8.28. The molecule has 40 heavy (non-hydrogen) atoms. The van der Waals surface area contributed by atoms with E-state index in [4.69, 9.17) is 14.2 Å². The van der Waals surface area contributed by atoms with Gasteiger partial charge in [0, 0.05) is 51.1 Å². The zero-order valence-electron chi connectivity index (χ0n) is 24.6. The van der Waals surface area contributed by atoms with Crippen LogP contribution in [0.4, 0.5) is 0 Å². The quantitative estimate of drug-likeness (QED) is 0.361. The van der Waals surface area contributed by atoms with Crippen molar-refractivity contribution < 1.29 is 33.7 Å². The molecule has 1 aromatic carbocycles. The monoisotopic (exact) mass is 561 g/mol. The first-order chi connectivity index (χ1) is 19.3. The lowest BCUT2D eigenvalue weighted by atomic mass is 9.84. The number of carboxylic acids is 1. The highest BCUT2D eigenvalue weighted by Gasteiger charge is 2.45. The third-order valence-corrected chi connectivity index (χ3v) is 8.16. The van der Waals surface area contributed by atoms with Gasteiger partial charge in [-0.05, 0) is 56.8 Å². The number of fused-ring (bicyclic) bond motifs is 1. The molecule has 224 valence electrons. The largest absolute Gasteiger partial charge is 0.493 e. The van der Waals surface area contributed by atoms with E-state index in [2.05, 4.69) is 18.7 Å². The van der Waals surface area contributed by atoms with Gasteiger partial charge in [0.05, 0.1) is 13.0 Å². The van der Waals surface area contributed by atoms with Crippen LogP contribution in [0.25, 0.3) is 0 Å². The number of benzene rings is 1. The lowest BCUT2D eigenvalue weighted by molar-refractivity contribution is -0.143. The van der Waals surface area contributed by atoms with Crippen LogP contribution in [0.5, 0.6) is 17.2 Å². The molecule has 2 amide bonds. The van der Waals surface area contributed by atoms with Gasteiger partial charge in [-0.25, -0.2) is 0 Å². The number of aliphatic carboxylic acids is 1. The second kappa shape index (κ2) is 15.7. The number of likely N-dealkylation sites (N-methyl/N-ethyl adjacent to an activating group) is 1. The second-order valence-corrected chi connectivity index (χ2v) is 10.9. The number of nitrogens with zero attached hydrogens (tertiary/aromatic N) is 3. The van der Waals surface area contributed by atoms with Crippen LogP contribution in [0.1, 0.15) is 76.7 Å². The van der Waals surface area contributed by atoms with E-state index in [-0.39, 0.29) is 24.7 Å². The molecule has 4 rings (SSSR count). The van der Waals surface area contributed by atoms with Crippen LogP contribution in [0.2, 0.25) is 0 Å². The van der Waals surface area contributed by atoms with Crippen molar-refractivity contribution in [2.75, 3.05) is 53.7 Å². The SMILES string of the molecule is CCCCN(C=O)CCCC.COc1cc(C2CN(C)C(CCN3CCCCC3=O)C2C(=O)O)cc2c1OCO2. The fourth-order valence-corrected chi connectivity index (χ4v) is 5.84. The van der Waals surface area contributed by atoms with Crippen LogP contribution in [-0.4, -0.2) is 97.8 Å². The van der Waals surface area contributed by atoms with E-state index < -0.39 is 11.9 Å². The Balaban J connectivity index is 0.000000342. The van der Waals surface area contributed by atoms with Crippen LogP contribution in [0.15, 0.2) is 12.1 Å². The van der Waals surface area contributed by atoms with Crippen LogP contribution in [-0.2, 0) is 14.4 Å². The number of piperidine rings is 1. The minimum absolute atomic E-state index is 0.133. The fraction of sp³-hybridized carbons (Fsp3) is 0.700. The highest BCUT2D eigenvalue weighted by molar-refractivity contribution is 5.77. The molecule has 3 aliphatic heterocycles. The number of ether oxygens (including phenoxy) is 3. The molecule has 3 aliphatic rings. The lowest BCUT2D eigenvalue weighted by Gasteiger charge is -2.30. The Morgan fingerprint density at radius 3 is 2.50 bits per heavy atom. The first-order valence-electron chi connectivity index (χ1n) is 14.7. The molecular weight excluding hydrogens is 514 g/mol. The molecule has 10 nitrogen and oxygen atoms in total. The number of carbonyl (C=O) groups excluding carboxylic acids is 2. The van der Waals surface area contributed by atoms with Crippen molar-refractivity contribution in [2.24, 2.45) is 5.92 Å². The molecule has 2 saturated heterocycles. The molecule has 10 heteroatoms. The predicted molar refractivity (Wildman–Crippen MR) is 152 cm³/mol. The first kappa shape index (κ1) is 31.5. The zero-order valence-corrected chi connectivity index (χ0v) is 24.6. The number of likely N-dealkylation sites (tertiary alicyclic amines) is 2. The van der Waals surface area contributed by atoms with Crippen LogP contribution in [0, 0.1) is 5.92 Å². The fourth-order valence-electron chi connectivity index (χ4n) is 5.84. The summed E-state index contributed by atoms with van der Waals surface area (Å²) in [5.41, 5.74) is 0.877. The molecule has 3 heterocycles. The molecule has 3 atom stereocenters. The minimum atomic E-state index is -0.814. The molecule has 0 aromatic heterocycles. The smallest absolute Gasteiger partial charge is 0.308 e. The molecule has 1 aromatic rings. The number of amides is 2. The van der Waals surface area contributed by atoms with E-state index in [1.165, 1.54) is 0 Å². The number of hydrogen-bond acceptors (Lipinski definition) is 7. The summed E-state index contributed by atoms with van der Waals surface area (Å²) in [5, 5.41) is 10.0. The summed E-state index contributed by atoms with van der Waals surface area (Å²) < 4.78 is 16.4. The number of hydrogen-bond donors (Lipinski definition) is 1. The van der Waals surface area contributed by atoms with Gasteiger partial charge in [-0.2, -0.15) is 0 Å². The summed E-state index contributed by atoms with van der Waals surface area (Å²) in [4.78, 5) is 40.7. The Morgan fingerprint density at radius 1 is 1.18 bits per heavy atom. The maximum Gasteiger partial charge on any atom is 0.308 e. The van der Waals surface area contributed by atoms with Crippen molar-refractivity contribution in [1.29, 1.82) is 0 Å². The molecule has 0 radical (unpaired) electrons. The van der Waals surface area contributed by atoms with Gasteiger partial charge in [0.15, 0.2) is 11.5 Å². The van der Waals surface area contributed by atoms with Gasteiger partial charge < -0.3 is 34.0 Å². The van der Waals surface area contributed by atoms with Crippen molar-refractivity contribution in [3.8, 4) is 17.2 Å². The number of unbranched alkanes of at least 4 members (excludes halogenated alkanes) is 2. The Morgan fingerprint density at radius 2 is 1.90 bits per heavy atom. The van der Waals surface area contributed by atoms with Gasteiger partial charge in [0.1, 0.15) is 0 Å². The summed E-state index contributed by atoms with van der Waals surface area (Å²) >= 11 is 0. The highest BCUT2D eigenvalue weighted by atomic mass is 16.7. The Labute approximate surface area is 238 Å². The van der Waals surface area contributed by atoms with Gasteiger partial charge in [-0.1, -0.05) is 26.7 Å². The van der Waals surface area contributed by atoms with Crippen LogP contribution in [0.3, 0.4) is 0 Å². The van der Waals surface area contributed by atoms with Gasteiger partial charge in [-0.15, -0.1) is 0 Å². The molecule has 0 bridgehead atoms. The number of methoxy groups -OCH3 is 1. The van der Waals surface area contributed by atoms with Crippen LogP contribution >= 0.6 is 0 Å². The van der Waals surface area contributed by atoms with E-state index in [9.17, 15) is 19.5 Å². The van der Waals surface area contributed by atoms with E-state index in [0.717, 1.165) is 70.1 Å². The van der Waals surface area contributed by atoms with Crippen molar-refractivity contribution in [3.05, 3.63) is 17.7 Å². The number of rotatable bonds is 13. The van der Waals surface area contributed by atoms with Gasteiger partial charge in [0.25, 0.3) is 0 Å². The van der Waals surface area contributed by atoms with Gasteiger partial charge >= 0.3 is 5.97 Å². The average Bonchev–Trinajstić information content (AvgIpc) is 3.57. The minimum Gasteiger partial charge on any atom is -0.493 e. The summed E-state index contributed by atoms with van der Waals surface area (Å²) in [6.07, 6.45) is 8.77. The summed E-state index contributed by atoms with van der Waals surface area (Å²) in [7, 11) is 3.53. The highest BCUT2D eigenvalue weighted by Crippen LogP contribution is 2.46. The topological polar surface area (TPSA) is 109 Å². The third-order valence-electron chi connectivity index (χ3n) is 8.16. The first-order valence-corrected chi connectivity index (χ1v) is 14.7. The Kier molecular flexibility index (Phi) is 12.4. The molecule has 0 spiro atoms. The molecule has 1 N–H and O–H groups in total. The summed E-state index contributed by atoms with van der Waals surface area (Å²) in [6, 6.07) is 3.59. The van der Waals surface area contributed by atoms with E-state index in [1.54, 1.807) is 7.11 Å². The van der Waals surface area contributed by atoms with Gasteiger partial charge in [-0.3, -0.25) is 14.4 Å². The Bertz CT molecular complexity index is 980. The standard InChI is InChI=1S/C21H28N2O6.C9H19NO/c1-22-11-14(13-9-16(27-2)20-17(10-13)28-12-29-20)19(21(25)26)15(22)6-8-23-7-4-3-5-18(23)24;1-3-5-7-10(9-11)8-6-4-2/h9-10,14-15,19H,3-8,11-12H2,1-2H3,(H,25,26);9H,3-8H2,1-2H3. The van der Waals surface area contributed by atoms with Crippen molar-refractivity contribution in [3.63, 3.8) is 0 Å².